The number of piperidine rings is 1. The maximum Gasteiger partial charge on any atom is 0.201 e. The Balaban J connectivity index is 1.95. The molecule has 0 spiro atoms. The number of aromatic nitrogens is 2. The molecule has 0 amide bonds. The third-order valence-corrected chi connectivity index (χ3v) is 4.21. The summed E-state index contributed by atoms with van der Waals surface area (Å²) in [5, 5.41) is 0. The maximum atomic E-state index is 13.7. The topological polar surface area (TPSA) is 56.3 Å². The number of nitrogens with zero attached hydrogens (tertiary/aromatic N) is 3. The Bertz CT molecular complexity index is 655. The van der Waals surface area contributed by atoms with Gasteiger partial charge in [0, 0.05) is 25.2 Å². The molecule has 1 atom stereocenters. The molecule has 1 aliphatic rings. The van der Waals surface area contributed by atoms with Gasteiger partial charge in [0.25, 0.3) is 0 Å². The van der Waals surface area contributed by atoms with Gasteiger partial charge in [-0.25, -0.2) is 9.37 Å². The molecule has 1 aromatic heterocycles. The van der Waals surface area contributed by atoms with Crippen molar-refractivity contribution in [1.29, 1.82) is 0 Å². The van der Waals surface area contributed by atoms with Crippen LogP contribution in [0.5, 0.6) is 5.75 Å². The molecule has 6 heteroatoms. The predicted octanol–water partition coefficient (Wildman–Crippen LogP) is 2.11. The first kappa shape index (κ1) is 14.1. The van der Waals surface area contributed by atoms with Gasteiger partial charge in [-0.3, -0.25) is 0 Å². The molecule has 1 aromatic carbocycles. The van der Waals surface area contributed by atoms with Crippen LogP contribution in [0.4, 0.5) is 10.3 Å². The molecule has 1 unspecified atom stereocenters. The molecule has 0 aliphatic carbocycles. The van der Waals surface area contributed by atoms with Crippen LogP contribution in [-0.4, -0.2) is 41.7 Å². The molecule has 0 radical (unpaired) electrons. The first-order chi connectivity index (χ1) is 10.1. The first-order valence-electron chi connectivity index (χ1n) is 7.26. The number of likely N-dealkylation sites (tertiary alicyclic amines) is 1. The third kappa shape index (κ3) is 2.68. The van der Waals surface area contributed by atoms with E-state index in [1.165, 1.54) is 26.0 Å². The summed E-state index contributed by atoms with van der Waals surface area (Å²) in [7, 11) is 3.60. The molecule has 2 N–H and O–H groups in total. The van der Waals surface area contributed by atoms with Crippen molar-refractivity contribution in [2.75, 3.05) is 33.0 Å². The van der Waals surface area contributed by atoms with E-state index >= 15 is 0 Å². The molecule has 1 saturated heterocycles. The molecule has 2 aromatic rings. The second kappa shape index (κ2) is 5.52. The van der Waals surface area contributed by atoms with Crippen LogP contribution in [0.25, 0.3) is 11.0 Å². The summed E-state index contributed by atoms with van der Waals surface area (Å²) in [5.41, 5.74) is 7.43. The minimum absolute atomic E-state index is 0.226. The van der Waals surface area contributed by atoms with Crippen LogP contribution < -0.4 is 10.5 Å². The van der Waals surface area contributed by atoms with Crippen molar-refractivity contribution in [3.05, 3.63) is 17.9 Å². The summed E-state index contributed by atoms with van der Waals surface area (Å²) in [4.78, 5) is 6.60. The third-order valence-electron chi connectivity index (χ3n) is 4.21. The van der Waals surface area contributed by atoms with E-state index in [2.05, 4.69) is 16.9 Å². The van der Waals surface area contributed by atoms with Crippen molar-refractivity contribution in [2.24, 2.45) is 5.92 Å². The minimum atomic E-state index is -0.410. The van der Waals surface area contributed by atoms with E-state index in [4.69, 9.17) is 10.5 Å². The zero-order valence-electron chi connectivity index (χ0n) is 12.5. The number of imidazole rings is 1. The van der Waals surface area contributed by atoms with Crippen molar-refractivity contribution in [2.45, 2.75) is 19.4 Å². The molecule has 0 bridgehead atoms. The molecule has 114 valence electrons. The Hall–Kier alpha value is -1.82. The molecule has 0 saturated carbocycles. The number of rotatable bonds is 3. The lowest BCUT2D eigenvalue weighted by Crippen LogP contribution is -2.34. The van der Waals surface area contributed by atoms with E-state index < -0.39 is 5.82 Å². The van der Waals surface area contributed by atoms with Gasteiger partial charge in [-0.05, 0) is 32.4 Å². The predicted molar refractivity (Wildman–Crippen MR) is 80.9 cm³/mol. The molecule has 1 fully saturated rings. The fraction of sp³-hybridized carbons (Fsp3) is 0.533. The second-order valence-corrected chi connectivity index (χ2v) is 5.83. The van der Waals surface area contributed by atoms with E-state index in [9.17, 15) is 4.39 Å². The van der Waals surface area contributed by atoms with Gasteiger partial charge in [0.15, 0.2) is 11.6 Å². The van der Waals surface area contributed by atoms with Crippen LogP contribution in [0.1, 0.15) is 12.8 Å². The summed E-state index contributed by atoms with van der Waals surface area (Å²) in [6, 6.07) is 3.06. The number of benzene rings is 1. The first-order valence-corrected chi connectivity index (χ1v) is 7.26. The number of hydrogen-bond donors (Lipinski definition) is 1. The average molecular weight is 292 g/mol. The summed E-state index contributed by atoms with van der Waals surface area (Å²) >= 11 is 0. The normalized spacial score (nSPS) is 20.0. The molecule has 1 aliphatic heterocycles. The van der Waals surface area contributed by atoms with E-state index in [1.807, 2.05) is 4.57 Å². The summed E-state index contributed by atoms with van der Waals surface area (Å²) in [6.45, 7) is 3.01. The number of anilines is 1. The van der Waals surface area contributed by atoms with Crippen LogP contribution in [0, 0.1) is 11.7 Å². The van der Waals surface area contributed by atoms with Crippen LogP contribution >= 0.6 is 0 Å². The fourth-order valence-corrected chi connectivity index (χ4v) is 3.17. The maximum absolute atomic E-state index is 13.7. The zero-order chi connectivity index (χ0) is 15.0. The molecule has 5 nitrogen and oxygen atoms in total. The van der Waals surface area contributed by atoms with Crippen LogP contribution in [0.15, 0.2) is 12.1 Å². The van der Waals surface area contributed by atoms with Gasteiger partial charge in [0.1, 0.15) is 0 Å². The van der Waals surface area contributed by atoms with Crippen molar-refractivity contribution in [1.82, 2.24) is 14.5 Å². The van der Waals surface area contributed by atoms with Crippen LogP contribution in [0.3, 0.4) is 0 Å². The van der Waals surface area contributed by atoms with Gasteiger partial charge < -0.3 is 19.9 Å². The number of halogens is 1. The smallest absolute Gasteiger partial charge is 0.201 e. The average Bonchev–Trinajstić information content (AvgIpc) is 2.73. The highest BCUT2D eigenvalue weighted by molar-refractivity contribution is 5.80. The highest BCUT2D eigenvalue weighted by Gasteiger charge is 2.20. The number of ether oxygens (including phenoxy) is 1. The van der Waals surface area contributed by atoms with Gasteiger partial charge in [0.2, 0.25) is 5.95 Å². The minimum Gasteiger partial charge on any atom is -0.494 e. The van der Waals surface area contributed by atoms with Crippen LogP contribution in [0.2, 0.25) is 0 Å². The van der Waals surface area contributed by atoms with Crippen molar-refractivity contribution in [3.8, 4) is 5.75 Å². The van der Waals surface area contributed by atoms with Crippen LogP contribution in [-0.2, 0) is 6.54 Å². The fourth-order valence-electron chi connectivity index (χ4n) is 3.17. The molecular weight excluding hydrogens is 271 g/mol. The van der Waals surface area contributed by atoms with Gasteiger partial charge in [-0.2, -0.15) is 0 Å². The van der Waals surface area contributed by atoms with E-state index in [1.54, 1.807) is 6.07 Å². The second-order valence-electron chi connectivity index (χ2n) is 5.83. The number of nitrogens with two attached hydrogens (primary N) is 1. The van der Waals surface area contributed by atoms with Crippen molar-refractivity contribution < 1.29 is 9.13 Å². The highest BCUT2D eigenvalue weighted by Crippen LogP contribution is 2.28. The Kier molecular flexibility index (Phi) is 3.71. The van der Waals surface area contributed by atoms with Gasteiger partial charge in [-0.1, -0.05) is 0 Å². The lowest BCUT2D eigenvalue weighted by Gasteiger charge is -2.30. The van der Waals surface area contributed by atoms with Gasteiger partial charge in [0.05, 0.1) is 18.1 Å². The van der Waals surface area contributed by atoms with E-state index in [0.29, 0.717) is 17.4 Å². The molecule has 3 rings (SSSR count). The lowest BCUT2D eigenvalue weighted by atomic mass is 9.98. The summed E-state index contributed by atoms with van der Waals surface area (Å²) < 4.78 is 20.8. The number of hydrogen-bond acceptors (Lipinski definition) is 4. The zero-order valence-corrected chi connectivity index (χ0v) is 12.5. The molecule has 21 heavy (non-hydrogen) atoms. The highest BCUT2D eigenvalue weighted by atomic mass is 19.1. The van der Waals surface area contributed by atoms with Crippen molar-refractivity contribution >= 4 is 17.0 Å². The van der Waals surface area contributed by atoms with Crippen molar-refractivity contribution in [3.63, 3.8) is 0 Å². The number of fused-ring (bicyclic) bond motifs is 1. The summed E-state index contributed by atoms with van der Waals surface area (Å²) in [5.74, 6) is 0.793. The number of methoxy groups -OCH3 is 1. The Labute approximate surface area is 123 Å². The van der Waals surface area contributed by atoms with E-state index in [0.717, 1.165) is 25.2 Å². The number of nitrogen functional groups attached to an aromatic ring is 1. The van der Waals surface area contributed by atoms with Gasteiger partial charge >= 0.3 is 0 Å². The molecular formula is C15H21FN4O. The largest absolute Gasteiger partial charge is 0.494 e. The quantitative estimate of drug-likeness (QED) is 0.941. The standard InChI is InChI=1S/C15H21FN4O/c1-19-5-3-4-10(8-19)9-20-13-7-14(21-2)11(16)6-12(13)18-15(20)17/h6-7,10H,3-5,8-9H2,1-2H3,(H2,17,18). The summed E-state index contributed by atoms with van der Waals surface area (Å²) in [6.07, 6.45) is 2.38. The van der Waals surface area contributed by atoms with Gasteiger partial charge in [-0.15, -0.1) is 0 Å². The Morgan fingerprint density at radius 2 is 2.29 bits per heavy atom. The SMILES string of the molecule is COc1cc2c(cc1F)nc(N)n2CC1CCCN(C)C1. The monoisotopic (exact) mass is 292 g/mol. The Morgan fingerprint density at radius 1 is 1.48 bits per heavy atom. The van der Waals surface area contributed by atoms with E-state index in [-0.39, 0.29) is 5.75 Å². The Morgan fingerprint density at radius 3 is 3.00 bits per heavy atom. The lowest BCUT2D eigenvalue weighted by molar-refractivity contribution is 0.196. The molecule has 2 heterocycles.